The Morgan fingerprint density at radius 3 is 1.33 bits per heavy atom. The van der Waals surface area contributed by atoms with Crippen LogP contribution in [0.1, 0.15) is 56.2 Å². The van der Waals surface area contributed by atoms with Crippen molar-refractivity contribution in [2.75, 3.05) is 0 Å². The molecule has 4 aromatic rings. The van der Waals surface area contributed by atoms with Crippen molar-refractivity contribution in [3.05, 3.63) is 130 Å². The molecule has 214 valence electrons. The fraction of sp³-hybridized carbons (Fsp3) is 0.222. The van der Waals surface area contributed by atoms with Gasteiger partial charge in [-0.2, -0.15) is 0 Å². The van der Waals surface area contributed by atoms with E-state index in [4.69, 9.17) is 17.0 Å². The molecule has 6 heteroatoms. The van der Waals surface area contributed by atoms with Crippen molar-refractivity contribution in [1.29, 1.82) is 0 Å². The Kier molecular flexibility index (Phi) is 7.93. The molecule has 2 unspecified atom stereocenters. The Bertz CT molecular complexity index is 1720. The first-order chi connectivity index (χ1) is 20.1. The summed E-state index contributed by atoms with van der Waals surface area (Å²) in [6.07, 6.45) is 5.66. The van der Waals surface area contributed by atoms with E-state index in [1.54, 1.807) is 12.1 Å². The number of fused-ring (bicyclic) bond motifs is 2. The van der Waals surface area contributed by atoms with E-state index in [0.717, 1.165) is 44.5 Å². The average molecular weight is 695 g/mol. The zero-order valence-electron chi connectivity index (χ0n) is 24.3. The van der Waals surface area contributed by atoms with Gasteiger partial charge < -0.3 is 0 Å². The van der Waals surface area contributed by atoms with Crippen LogP contribution in [0.15, 0.2) is 96.1 Å². The standard InChI is InChI=1S/2C17H14F.C2H6Si.2ClH.Zr/c2*1-2-12-10-15-14(13-6-4-3-5-7-13)8-9-17(18)16(15)11-12;1-3-2;;;/h2*3-11H,2H2,1H3;1-2H3;2*1H;/q;;;;;+2/p-2. The minimum absolute atomic E-state index is 0.280. The molecule has 0 spiro atoms. The van der Waals surface area contributed by atoms with E-state index in [1.807, 2.05) is 48.5 Å². The summed E-state index contributed by atoms with van der Waals surface area (Å²) in [6.45, 7) is 8.53. The number of allylic oxidation sites excluding steroid dienone is 2. The summed E-state index contributed by atoms with van der Waals surface area (Å²) in [6, 6.07) is 27.0. The van der Waals surface area contributed by atoms with Gasteiger partial charge in [0, 0.05) is 0 Å². The second-order valence-corrected chi connectivity index (χ2v) is 50.5. The van der Waals surface area contributed by atoms with Crippen LogP contribution in [0.4, 0.5) is 8.78 Å². The fourth-order valence-electron chi connectivity index (χ4n) is 7.33. The van der Waals surface area contributed by atoms with Crippen LogP contribution >= 0.6 is 17.0 Å². The van der Waals surface area contributed by atoms with Crippen molar-refractivity contribution in [3.63, 3.8) is 0 Å². The second kappa shape index (κ2) is 11.1. The third-order valence-corrected chi connectivity index (χ3v) is 55.9. The van der Waals surface area contributed by atoms with Gasteiger partial charge >= 0.3 is 258 Å². The van der Waals surface area contributed by atoms with E-state index < -0.39 is 27.7 Å². The summed E-state index contributed by atoms with van der Waals surface area (Å²) in [5, 5.41) is 0. The molecule has 0 radical (unpaired) electrons. The second-order valence-electron chi connectivity index (χ2n) is 11.7. The number of rotatable bonds is 6. The molecule has 0 nitrogen and oxygen atoms in total. The molecule has 2 aliphatic carbocycles. The van der Waals surface area contributed by atoms with Crippen LogP contribution < -0.4 is 0 Å². The summed E-state index contributed by atoms with van der Waals surface area (Å²) < 4.78 is 31.6. The molecule has 2 aliphatic rings. The molecule has 0 fully saturated rings. The summed E-state index contributed by atoms with van der Waals surface area (Å²) in [5.74, 6) is -0.559. The predicted molar refractivity (Wildman–Crippen MR) is 175 cm³/mol. The molecule has 0 bridgehead atoms. The van der Waals surface area contributed by atoms with E-state index >= 15 is 8.78 Å². The summed E-state index contributed by atoms with van der Waals surface area (Å²) in [7, 11) is 16.6. The Hall–Kier alpha value is -2.10. The van der Waals surface area contributed by atoms with Crippen LogP contribution in [0.2, 0.25) is 13.1 Å². The first kappa shape index (κ1) is 29.9. The predicted octanol–water partition coefficient (Wildman–Crippen LogP) is 11.9. The van der Waals surface area contributed by atoms with Gasteiger partial charge in [0.05, 0.1) is 0 Å². The molecule has 0 saturated carbocycles. The van der Waals surface area contributed by atoms with Crippen LogP contribution in [0.25, 0.3) is 34.4 Å². The van der Waals surface area contributed by atoms with Crippen molar-refractivity contribution < 1.29 is 23.8 Å². The molecule has 0 amide bonds. The van der Waals surface area contributed by atoms with Gasteiger partial charge in [0.2, 0.25) is 0 Å². The van der Waals surface area contributed by atoms with Gasteiger partial charge in [0.1, 0.15) is 0 Å². The number of hydrogen-bond donors (Lipinski definition) is 0. The van der Waals surface area contributed by atoms with Crippen molar-refractivity contribution in [3.8, 4) is 22.3 Å². The molecule has 0 heterocycles. The molecule has 0 N–H and O–H groups in total. The molecule has 4 aromatic carbocycles. The van der Waals surface area contributed by atoms with E-state index in [1.165, 1.54) is 0 Å². The van der Waals surface area contributed by atoms with Gasteiger partial charge in [0.15, 0.2) is 0 Å². The first-order valence-electron chi connectivity index (χ1n) is 14.7. The zero-order valence-corrected chi connectivity index (χ0v) is 29.3. The van der Waals surface area contributed by atoms with Gasteiger partial charge in [-0.1, -0.05) is 0 Å². The summed E-state index contributed by atoms with van der Waals surface area (Å²) in [4.78, 5) is 0. The van der Waals surface area contributed by atoms with E-state index in [0.29, 0.717) is 24.0 Å². The van der Waals surface area contributed by atoms with Gasteiger partial charge in [-0.3, -0.25) is 0 Å². The number of halogens is 4. The SMILES string of the molecule is CCC1=Cc2c(-c3ccccc3)ccc(F)c2[CH]1[Zr]([Cl])([Cl])([CH]1C(CC)=Cc2c(-c3ccccc3)ccc(F)c21)=[Si](C)C. The van der Waals surface area contributed by atoms with Crippen molar-refractivity contribution >= 4 is 34.6 Å². The molecule has 0 aromatic heterocycles. The van der Waals surface area contributed by atoms with Gasteiger partial charge in [-0.05, 0) is 0 Å². The van der Waals surface area contributed by atoms with E-state index in [9.17, 15) is 0 Å². The maximum atomic E-state index is 16.2. The van der Waals surface area contributed by atoms with Crippen LogP contribution in [0.3, 0.4) is 0 Å². The Labute approximate surface area is 255 Å². The first-order valence-corrected chi connectivity index (χ1v) is 30.0. The van der Waals surface area contributed by atoms with E-state index in [-0.39, 0.29) is 11.6 Å². The molecule has 0 aliphatic heterocycles. The molecule has 6 rings (SSSR count). The zero-order chi connectivity index (χ0) is 29.8. The fourth-order valence-corrected chi connectivity index (χ4v) is 36.4. The quantitative estimate of drug-likeness (QED) is 0.176. The van der Waals surface area contributed by atoms with Gasteiger partial charge in [-0.15, -0.1) is 0 Å². The summed E-state index contributed by atoms with van der Waals surface area (Å²) >= 11 is -5.31. The van der Waals surface area contributed by atoms with Crippen LogP contribution in [0, 0.1) is 11.6 Å². The van der Waals surface area contributed by atoms with Crippen molar-refractivity contribution in [2.24, 2.45) is 0 Å². The van der Waals surface area contributed by atoms with Crippen molar-refractivity contribution in [1.82, 2.24) is 0 Å². The van der Waals surface area contributed by atoms with E-state index in [2.05, 4.69) is 63.4 Å². The third-order valence-electron chi connectivity index (χ3n) is 9.45. The minimum atomic E-state index is -5.31. The number of benzene rings is 4. The molecule has 42 heavy (non-hydrogen) atoms. The van der Waals surface area contributed by atoms with Crippen LogP contribution in [-0.4, -0.2) is 5.43 Å². The average Bonchev–Trinajstić information content (AvgIpc) is 3.60. The monoisotopic (exact) mass is 692 g/mol. The molecule has 2 atom stereocenters. The Morgan fingerprint density at radius 1 is 0.619 bits per heavy atom. The van der Waals surface area contributed by atoms with Crippen molar-refractivity contribution in [2.45, 2.75) is 47.0 Å². The Balaban J connectivity index is 1.66. The van der Waals surface area contributed by atoms with Crippen LogP contribution in [0.5, 0.6) is 0 Å². The normalized spacial score (nSPS) is 17.9. The molecule has 0 saturated heterocycles. The maximum absolute atomic E-state index is 16.2. The molecular formula is C36H34Cl2F2SiZr. The molecular weight excluding hydrogens is 661 g/mol. The number of hydrogen-bond acceptors (Lipinski definition) is 0. The van der Waals surface area contributed by atoms with Crippen LogP contribution in [-0.2, 0) is 15.0 Å². The van der Waals surface area contributed by atoms with Gasteiger partial charge in [-0.25, -0.2) is 0 Å². The third kappa shape index (κ3) is 4.43. The Morgan fingerprint density at radius 2 is 1.00 bits per heavy atom. The topological polar surface area (TPSA) is 0 Å². The van der Waals surface area contributed by atoms with Gasteiger partial charge in [0.25, 0.3) is 0 Å². The summed E-state index contributed by atoms with van der Waals surface area (Å²) in [5.41, 5.74) is 7.62.